The summed E-state index contributed by atoms with van der Waals surface area (Å²) < 4.78 is 6.96. The molecule has 0 aliphatic carbocycles. The predicted molar refractivity (Wildman–Crippen MR) is 140 cm³/mol. The molecule has 6 heteroatoms. The Kier molecular flexibility index (Phi) is 6.30. The molecule has 1 aromatic heterocycles. The lowest BCUT2D eigenvalue weighted by molar-refractivity contribution is 0.102. The van der Waals surface area contributed by atoms with Crippen LogP contribution in [-0.4, -0.2) is 10.9 Å². The zero-order chi connectivity index (χ0) is 23.5. The minimum Gasteiger partial charge on any atom is -0.487 e. The van der Waals surface area contributed by atoms with Crippen molar-refractivity contribution in [2.45, 2.75) is 13.5 Å². The Morgan fingerprint density at radius 1 is 0.971 bits per heavy atom. The number of benzene rings is 4. The molecule has 4 aromatic carbocycles. The van der Waals surface area contributed by atoms with Crippen LogP contribution in [0.3, 0.4) is 0 Å². The van der Waals surface area contributed by atoms with Crippen molar-refractivity contribution in [1.29, 1.82) is 0 Å². The van der Waals surface area contributed by atoms with E-state index in [2.05, 4.69) is 24.4 Å². The van der Waals surface area contributed by atoms with E-state index in [1.807, 2.05) is 66.7 Å². The van der Waals surface area contributed by atoms with Gasteiger partial charge in [0, 0.05) is 16.8 Å². The molecule has 0 atom stereocenters. The number of carbonyl (C=O) groups is 1. The summed E-state index contributed by atoms with van der Waals surface area (Å²) in [6.07, 6.45) is 0. The van der Waals surface area contributed by atoms with Gasteiger partial charge in [0.2, 0.25) is 0 Å². The van der Waals surface area contributed by atoms with Crippen molar-refractivity contribution >= 4 is 44.7 Å². The van der Waals surface area contributed by atoms with Crippen LogP contribution in [0.15, 0.2) is 91.0 Å². The van der Waals surface area contributed by atoms with Gasteiger partial charge < -0.3 is 10.1 Å². The van der Waals surface area contributed by atoms with Gasteiger partial charge in [0.25, 0.3) is 5.91 Å². The van der Waals surface area contributed by atoms with Crippen LogP contribution in [0.4, 0.5) is 5.69 Å². The molecule has 1 heterocycles. The molecule has 0 fully saturated rings. The maximum atomic E-state index is 12.8. The lowest BCUT2D eigenvalue weighted by Gasteiger charge is -2.10. The third kappa shape index (κ3) is 4.96. The first kappa shape index (κ1) is 22.1. The van der Waals surface area contributed by atoms with Crippen molar-refractivity contribution in [2.24, 2.45) is 0 Å². The zero-order valence-electron chi connectivity index (χ0n) is 18.4. The van der Waals surface area contributed by atoms with E-state index in [0.717, 1.165) is 27.3 Å². The minimum atomic E-state index is -0.178. The lowest BCUT2D eigenvalue weighted by atomic mass is 10.1. The highest BCUT2D eigenvalue weighted by Gasteiger charge is 2.10. The number of para-hydroxylation sites is 1. The van der Waals surface area contributed by atoms with E-state index in [1.165, 1.54) is 10.3 Å². The second kappa shape index (κ2) is 9.67. The van der Waals surface area contributed by atoms with E-state index in [4.69, 9.17) is 21.3 Å². The second-order valence-corrected chi connectivity index (χ2v) is 9.38. The van der Waals surface area contributed by atoms with Gasteiger partial charge in [0.1, 0.15) is 17.4 Å². The van der Waals surface area contributed by atoms with Crippen LogP contribution >= 0.6 is 22.9 Å². The van der Waals surface area contributed by atoms with E-state index in [1.54, 1.807) is 23.5 Å². The van der Waals surface area contributed by atoms with Gasteiger partial charge in [-0.1, -0.05) is 41.9 Å². The number of anilines is 1. The third-order valence-electron chi connectivity index (χ3n) is 5.35. The fourth-order valence-electron chi connectivity index (χ4n) is 3.58. The largest absolute Gasteiger partial charge is 0.487 e. The van der Waals surface area contributed by atoms with Gasteiger partial charge >= 0.3 is 0 Å². The molecule has 0 aliphatic rings. The van der Waals surface area contributed by atoms with Crippen molar-refractivity contribution in [3.8, 4) is 16.3 Å². The summed E-state index contributed by atoms with van der Waals surface area (Å²) in [7, 11) is 0. The van der Waals surface area contributed by atoms with E-state index in [-0.39, 0.29) is 5.91 Å². The number of hydrogen-bond donors (Lipinski definition) is 1. The molecule has 168 valence electrons. The molecule has 0 saturated heterocycles. The molecule has 1 N–H and O–H groups in total. The Hall–Kier alpha value is -3.67. The monoisotopic (exact) mass is 484 g/mol. The predicted octanol–water partition coefficient (Wildman–Crippen LogP) is 7.76. The molecule has 0 aliphatic heterocycles. The topological polar surface area (TPSA) is 51.2 Å². The number of thiazole rings is 1. The molecule has 4 nitrogen and oxygen atoms in total. The third-order valence-corrected chi connectivity index (χ3v) is 6.73. The number of aryl methyl sites for hydroxylation is 1. The molecular formula is C28H21ClN2O2S. The van der Waals surface area contributed by atoms with Crippen LogP contribution in [0.25, 0.3) is 20.8 Å². The van der Waals surface area contributed by atoms with Crippen molar-refractivity contribution in [3.05, 3.63) is 113 Å². The summed E-state index contributed by atoms with van der Waals surface area (Å²) in [4.78, 5) is 17.5. The van der Waals surface area contributed by atoms with Crippen LogP contribution in [0.1, 0.15) is 21.5 Å². The maximum Gasteiger partial charge on any atom is 0.255 e. The summed E-state index contributed by atoms with van der Waals surface area (Å²) in [5, 5.41) is 4.48. The molecule has 5 rings (SSSR count). The van der Waals surface area contributed by atoms with Crippen molar-refractivity contribution < 1.29 is 9.53 Å². The van der Waals surface area contributed by atoms with E-state index in [0.29, 0.717) is 22.9 Å². The molecule has 34 heavy (non-hydrogen) atoms. The van der Waals surface area contributed by atoms with Crippen molar-refractivity contribution in [3.63, 3.8) is 0 Å². The SMILES string of the molecule is Cc1ccc2nc(-c3ccc(NC(=O)c4cccc(COc5ccccc5Cl)c4)cc3)sc2c1. The average Bonchev–Trinajstić information content (AvgIpc) is 3.27. The van der Waals surface area contributed by atoms with Gasteiger partial charge in [-0.3, -0.25) is 4.79 Å². The molecule has 0 bridgehead atoms. The summed E-state index contributed by atoms with van der Waals surface area (Å²) in [5.41, 5.74) is 5.42. The maximum absolute atomic E-state index is 12.8. The average molecular weight is 485 g/mol. The number of amides is 1. The standard InChI is InChI=1S/C28H21ClN2O2S/c1-18-9-14-24-26(15-18)34-28(31-24)20-10-12-22(13-11-20)30-27(32)21-6-4-5-19(16-21)17-33-25-8-3-2-7-23(25)29/h2-16H,17H2,1H3,(H,30,32). The van der Waals surface area contributed by atoms with Gasteiger partial charge in [-0.25, -0.2) is 4.98 Å². The second-order valence-electron chi connectivity index (χ2n) is 7.94. The molecule has 1 amide bonds. The number of hydrogen-bond acceptors (Lipinski definition) is 4. The van der Waals surface area contributed by atoms with Crippen LogP contribution in [0.5, 0.6) is 5.75 Å². The Balaban J connectivity index is 1.26. The van der Waals surface area contributed by atoms with Crippen molar-refractivity contribution in [2.75, 3.05) is 5.32 Å². The number of nitrogens with zero attached hydrogens (tertiary/aromatic N) is 1. The molecular weight excluding hydrogens is 464 g/mol. The molecule has 0 saturated carbocycles. The normalized spacial score (nSPS) is 10.9. The van der Waals surface area contributed by atoms with E-state index < -0.39 is 0 Å². The summed E-state index contributed by atoms with van der Waals surface area (Å²) in [6, 6.07) is 28.7. The van der Waals surface area contributed by atoms with E-state index >= 15 is 0 Å². The van der Waals surface area contributed by atoms with Crippen LogP contribution in [0.2, 0.25) is 5.02 Å². The quantitative estimate of drug-likeness (QED) is 0.268. The number of carbonyl (C=O) groups excluding carboxylic acids is 1. The Labute approximate surface area is 206 Å². The zero-order valence-corrected chi connectivity index (χ0v) is 20.0. The smallest absolute Gasteiger partial charge is 0.255 e. The number of aromatic nitrogens is 1. The number of fused-ring (bicyclic) bond motifs is 1. The van der Waals surface area contributed by atoms with Crippen molar-refractivity contribution in [1.82, 2.24) is 4.98 Å². The molecule has 0 unspecified atom stereocenters. The summed E-state index contributed by atoms with van der Waals surface area (Å²) in [6.45, 7) is 2.40. The first-order chi connectivity index (χ1) is 16.5. The molecule has 5 aromatic rings. The van der Waals surface area contributed by atoms with Gasteiger partial charge in [-0.2, -0.15) is 0 Å². The van der Waals surface area contributed by atoms with Gasteiger partial charge in [0.15, 0.2) is 0 Å². The van der Waals surface area contributed by atoms with Crippen LogP contribution in [0, 0.1) is 6.92 Å². The highest BCUT2D eigenvalue weighted by molar-refractivity contribution is 7.21. The van der Waals surface area contributed by atoms with Crippen LogP contribution < -0.4 is 10.1 Å². The fourth-order valence-corrected chi connectivity index (χ4v) is 4.84. The van der Waals surface area contributed by atoms with Gasteiger partial charge in [-0.05, 0) is 78.7 Å². The van der Waals surface area contributed by atoms with Gasteiger partial charge in [-0.15, -0.1) is 11.3 Å². The first-order valence-corrected chi connectivity index (χ1v) is 12.0. The van der Waals surface area contributed by atoms with E-state index in [9.17, 15) is 4.79 Å². The Morgan fingerprint density at radius 3 is 2.62 bits per heavy atom. The summed E-state index contributed by atoms with van der Waals surface area (Å²) in [5.74, 6) is 0.435. The van der Waals surface area contributed by atoms with Crippen LogP contribution in [-0.2, 0) is 6.61 Å². The lowest BCUT2D eigenvalue weighted by Crippen LogP contribution is -2.12. The Bertz CT molecular complexity index is 1480. The fraction of sp³-hybridized carbons (Fsp3) is 0.0714. The Morgan fingerprint density at radius 2 is 1.79 bits per heavy atom. The number of rotatable bonds is 6. The molecule has 0 radical (unpaired) electrons. The number of nitrogens with one attached hydrogen (secondary N) is 1. The minimum absolute atomic E-state index is 0.178. The highest BCUT2D eigenvalue weighted by Crippen LogP contribution is 2.31. The summed E-state index contributed by atoms with van der Waals surface area (Å²) >= 11 is 7.81. The number of ether oxygens (including phenoxy) is 1. The molecule has 0 spiro atoms. The van der Waals surface area contributed by atoms with Gasteiger partial charge in [0.05, 0.1) is 15.2 Å². The highest BCUT2D eigenvalue weighted by atomic mass is 35.5. The number of halogens is 1. The first-order valence-electron chi connectivity index (χ1n) is 10.8.